The first-order valence-electron chi connectivity index (χ1n) is 8.05. The van der Waals surface area contributed by atoms with E-state index in [0.29, 0.717) is 19.8 Å². The van der Waals surface area contributed by atoms with Crippen LogP contribution in [0.4, 0.5) is 0 Å². The fourth-order valence-corrected chi connectivity index (χ4v) is 2.63. The molecule has 0 heterocycles. The van der Waals surface area contributed by atoms with E-state index >= 15 is 0 Å². The topological polar surface area (TPSA) is 64.7 Å². The second-order valence-corrected chi connectivity index (χ2v) is 5.38. The second-order valence-electron chi connectivity index (χ2n) is 5.38. The van der Waals surface area contributed by atoms with Crippen LogP contribution in [0.15, 0.2) is 42.5 Å². The van der Waals surface area contributed by atoms with Gasteiger partial charge >= 0.3 is 0 Å². The molecule has 2 rings (SSSR count). The van der Waals surface area contributed by atoms with Gasteiger partial charge in [0.1, 0.15) is 5.75 Å². The van der Waals surface area contributed by atoms with Crippen LogP contribution in [0, 0.1) is 0 Å². The van der Waals surface area contributed by atoms with E-state index in [1.54, 1.807) is 12.1 Å². The van der Waals surface area contributed by atoms with Gasteiger partial charge in [-0.15, -0.1) is 0 Å². The van der Waals surface area contributed by atoms with E-state index in [4.69, 9.17) is 15.2 Å². The number of hydrogen-bond acceptors (Lipinski definition) is 4. The van der Waals surface area contributed by atoms with Crippen molar-refractivity contribution in [1.82, 2.24) is 0 Å². The van der Waals surface area contributed by atoms with Gasteiger partial charge in [0.05, 0.1) is 13.2 Å². The van der Waals surface area contributed by atoms with Crippen LogP contribution in [0.1, 0.15) is 30.9 Å². The van der Waals surface area contributed by atoms with Crippen molar-refractivity contribution in [2.24, 2.45) is 5.73 Å². The van der Waals surface area contributed by atoms with Crippen LogP contribution in [0.2, 0.25) is 0 Å². The molecule has 1 unspecified atom stereocenters. The van der Waals surface area contributed by atoms with Crippen molar-refractivity contribution < 1.29 is 14.6 Å². The molecule has 0 aliphatic heterocycles. The van der Waals surface area contributed by atoms with Crippen LogP contribution < -0.4 is 15.2 Å². The molecule has 2 aromatic carbocycles. The molecule has 0 radical (unpaired) electrons. The Balaban J connectivity index is 2.24. The Kier molecular flexibility index (Phi) is 6.29. The quantitative estimate of drug-likeness (QED) is 0.783. The highest BCUT2D eigenvalue weighted by Gasteiger charge is 2.14. The standard InChI is InChI=1S/C19H25NO3/c1-3-22-18-9-8-15(12-19(18)23-4-2)16(13-20)10-14-6-5-7-17(21)11-14/h5-9,11-12,16,21H,3-4,10,13,20H2,1-2H3. The SMILES string of the molecule is CCOc1ccc(C(CN)Cc2cccc(O)c2)cc1OCC. The summed E-state index contributed by atoms with van der Waals surface area (Å²) in [7, 11) is 0. The van der Waals surface area contributed by atoms with Crippen molar-refractivity contribution in [1.29, 1.82) is 0 Å². The lowest BCUT2D eigenvalue weighted by molar-refractivity contribution is 0.287. The molecule has 1 atom stereocenters. The van der Waals surface area contributed by atoms with E-state index < -0.39 is 0 Å². The summed E-state index contributed by atoms with van der Waals surface area (Å²) in [6, 6.07) is 13.3. The van der Waals surface area contributed by atoms with Crippen molar-refractivity contribution in [3.05, 3.63) is 53.6 Å². The van der Waals surface area contributed by atoms with Crippen molar-refractivity contribution in [2.75, 3.05) is 19.8 Å². The summed E-state index contributed by atoms with van der Waals surface area (Å²) in [6.45, 7) is 5.62. The third-order valence-corrected chi connectivity index (χ3v) is 3.72. The predicted molar refractivity (Wildman–Crippen MR) is 92.4 cm³/mol. The first kappa shape index (κ1) is 17.2. The number of ether oxygens (including phenoxy) is 2. The second kappa shape index (κ2) is 8.44. The lowest BCUT2D eigenvalue weighted by Gasteiger charge is -2.18. The number of aromatic hydroxyl groups is 1. The van der Waals surface area contributed by atoms with Crippen molar-refractivity contribution in [3.8, 4) is 17.2 Å². The van der Waals surface area contributed by atoms with Gasteiger partial charge in [-0.2, -0.15) is 0 Å². The molecule has 2 aromatic rings. The van der Waals surface area contributed by atoms with Crippen molar-refractivity contribution in [2.45, 2.75) is 26.2 Å². The van der Waals surface area contributed by atoms with Crippen molar-refractivity contribution >= 4 is 0 Å². The third-order valence-electron chi connectivity index (χ3n) is 3.72. The van der Waals surface area contributed by atoms with E-state index in [2.05, 4.69) is 0 Å². The molecule has 0 amide bonds. The van der Waals surface area contributed by atoms with Gasteiger partial charge in [-0.1, -0.05) is 18.2 Å². The van der Waals surface area contributed by atoms with E-state index in [9.17, 15) is 5.11 Å². The van der Waals surface area contributed by atoms with E-state index in [0.717, 1.165) is 29.0 Å². The van der Waals surface area contributed by atoms with Crippen LogP contribution in [-0.4, -0.2) is 24.9 Å². The molecule has 0 bridgehead atoms. The lowest BCUT2D eigenvalue weighted by atomic mass is 9.91. The molecular weight excluding hydrogens is 290 g/mol. The number of rotatable bonds is 8. The molecule has 0 aromatic heterocycles. The summed E-state index contributed by atoms with van der Waals surface area (Å²) in [5, 5.41) is 9.61. The highest BCUT2D eigenvalue weighted by atomic mass is 16.5. The summed E-state index contributed by atoms with van der Waals surface area (Å²) in [5.41, 5.74) is 8.15. The van der Waals surface area contributed by atoms with Crippen LogP contribution in [0.25, 0.3) is 0 Å². The van der Waals surface area contributed by atoms with Gasteiger partial charge < -0.3 is 20.3 Å². The summed E-state index contributed by atoms with van der Waals surface area (Å²) in [6.07, 6.45) is 0.768. The minimum atomic E-state index is 0.159. The molecule has 4 nitrogen and oxygen atoms in total. The van der Waals surface area contributed by atoms with E-state index in [-0.39, 0.29) is 11.7 Å². The Hall–Kier alpha value is -2.20. The van der Waals surface area contributed by atoms with Crippen LogP contribution in [-0.2, 0) is 6.42 Å². The highest BCUT2D eigenvalue weighted by Crippen LogP contribution is 2.32. The molecule has 0 aliphatic carbocycles. The molecule has 124 valence electrons. The molecule has 0 spiro atoms. The Morgan fingerprint density at radius 3 is 2.39 bits per heavy atom. The summed E-state index contributed by atoms with van der Waals surface area (Å²) in [5.74, 6) is 1.94. The maximum atomic E-state index is 9.61. The fourth-order valence-electron chi connectivity index (χ4n) is 2.63. The molecule has 23 heavy (non-hydrogen) atoms. The number of phenolic OH excluding ortho intramolecular Hbond substituents is 1. The zero-order chi connectivity index (χ0) is 16.7. The average Bonchev–Trinajstić information content (AvgIpc) is 2.55. The zero-order valence-electron chi connectivity index (χ0n) is 13.8. The van der Waals surface area contributed by atoms with E-state index in [1.165, 1.54) is 0 Å². The maximum Gasteiger partial charge on any atom is 0.161 e. The van der Waals surface area contributed by atoms with Gasteiger partial charge in [0, 0.05) is 5.92 Å². The normalized spacial score (nSPS) is 12.0. The minimum absolute atomic E-state index is 0.159. The molecule has 0 fully saturated rings. The molecule has 4 heteroatoms. The number of benzene rings is 2. The van der Waals surface area contributed by atoms with Gasteiger partial charge in [0.15, 0.2) is 11.5 Å². The van der Waals surface area contributed by atoms with Gasteiger partial charge in [-0.3, -0.25) is 0 Å². The Bertz CT molecular complexity index is 628. The summed E-state index contributed by atoms with van der Waals surface area (Å²) < 4.78 is 11.3. The number of nitrogens with two attached hydrogens (primary N) is 1. The minimum Gasteiger partial charge on any atom is -0.508 e. The van der Waals surface area contributed by atoms with Crippen molar-refractivity contribution in [3.63, 3.8) is 0 Å². The summed E-state index contributed by atoms with van der Waals surface area (Å²) >= 11 is 0. The average molecular weight is 315 g/mol. The number of phenols is 1. The number of hydrogen-bond donors (Lipinski definition) is 2. The molecule has 0 saturated carbocycles. The smallest absolute Gasteiger partial charge is 0.161 e. The van der Waals surface area contributed by atoms with Crippen LogP contribution in [0.3, 0.4) is 0 Å². The lowest BCUT2D eigenvalue weighted by Crippen LogP contribution is -2.15. The molecular formula is C19H25NO3. The predicted octanol–water partition coefficient (Wildman–Crippen LogP) is 3.47. The first-order chi connectivity index (χ1) is 11.2. The van der Waals surface area contributed by atoms with Gasteiger partial charge in [0.2, 0.25) is 0 Å². The Morgan fingerprint density at radius 1 is 1.00 bits per heavy atom. The highest BCUT2D eigenvalue weighted by molar-refractivity contribution is 5.44. The molecule has 0 aliphatic rings. The molecule has 0 saturated heterocycles. The van der Waals surface area contributed by atoms with E-state index in [1.807, 2.05) is 44.2 Å². The van der Waals surface area contributed by atoms with Crippen LogP contribution >= 0.6 is 0 Å². The van der Waals surface area contributed by atoms with Gasteiger partial charge in [0.25, 0.3) is 0 Å². The fraction of sp³-hybridized carbons (Fsp3) is 0.368. The first-order valence-corrected chi connectivity index (χ1v) is 8.05. The molecule has 3 N–H and O–H groups in total. The third kappa shape index (κ3) is 4.63. The van der Waals surface area contributed by atoms with Crippen LogP contribution in [0.5, 0.6) is 17.2 Å². The van der Waals surface area contributed by atoms with Gasteiger partial charge in [-0.05, 0) is 62.2 Å². The summed E-state index contributed by atoms with van der Waals surface area (Å²) in [4.78, 5) is 0. The Morgan fingerprint density at radius 2 is 1.74 bits per heavy atom. The largest absolute Gasteiger partial charge is 0.508 e. The maximum absolute atomic E-state index is 9.61. The van der Waals surface area contributed by atoms with Gasteiger partial charge in [-0.25, -0.2) is 0 Å². The monoisotopic (exact) mass is 315 g/mol. The zero-order valence-corrected chi connectivity index (χ0v) is 13.8. The Labute approximate surface area is 137 Å².